The van der Waals surface area contributed by atoms with E-state index in [0.29, 0.717) is 29.6 Å². The highest BCUT2D eigenvalue weighted by atomic mass is 16.4. The van der Waals surface area contributed by atoms with Crippen molar-refractivity contribution in [3.8, 4) is 11.3 Å². The van der Waals surface area contributed by atoms with Gasteiger partial charge in [-0.1, -0.05) is 30.3 Å². The number of nitrogens with one attached hydrogen (secondary N) is 3. The summed E-state index contributed by atoms with van der Waals surface area (Å²) in [5, 5.41) is 8.74. The normalized spacial score (nSPS) is 10.6. The number of ketones is 1. The number of anilines is 2. The third-order valence-electron chi connectivity index (χ3n) is 4.26. The Hall–Kier alpha value is -3.49. The number of Topliss-reactive ketones (excluding diaryl/α,β-unsaturated/α-hetero) is 1. The largest absolute Gasteiger partial charge is 0.423 e. The van der Waals surface area contributed by atoms with Crippen LogP contribution in [0.5, 0.6) is 0 Å². The molecule has 0 bridgehead atoms. The molecule has 0 unspecified atom stereocenters. The van der Waals surface area contributed by atoms with Crippen LogP contribution in [0.4, 0.5) is 11.7 Å². The van der Waals surface area contributed by atoms with Gasteiger partial charge in [0.25, 0.3) is 11.9 Å². The third kappa shape index (κ3) is 5.28. The molecule has 0 atom stereocenters. The van der Waals surface area contributed by atoms with Crippen LogP contribution in [0.25, 0.3) is 11.3 Å². The molecule has 8 nitrogen and oxygen atoms in total. The van der Waals surface area contributed by atoms with Gasteiger partial charge in [-0.25, -0.2) is 4.98 Å². The quantitative estimate of drug-likeness (QED) is 0.439. The van der Waals surface area contributed by atoms with Gasteiger partial charge in [0.1, 0.15) is 0 Å². The van der Waals surface area contributed by atoms with Crippen molar-refractivity contribution < 1.29 is 14.0 Å². The Kier molecular flexibility index (Phi) is 6.72. The molecular weight excluding hydrogens is 370 g/mol. The molecule has 3 rings (SSSR count). The second-order valence-corrected chi connectivity index (χ2v) is 6.32. The summed E-state index contributed by atoms with van der Waals surface area (Å²) in [4.78, 5) is 27.4. The highest BCUT2D eigenvalue weighted by Crippen LogP contribution is 2.27. The molecule has 0 fully saturated rings. The number of hydrogen-bond acceptors (Lipinski definition) is 7. The second-order valence-electron chi connectivity index (χ2n) is 6.32. The van der Waals surface area contributed by atoms with Crippen LogP contribution in [0.3, 0.4) is 0 Å². The van der Waals surface area contributed by atoms with Gasteiger partial charge in [0.05, 0.1) is 19.3 Å². The monoisotopic (exact) mass is 393 g/mol. The number of carbonyl (C=O) groups is 2. The molecule has 0 aliphatic carbocycles. The van der Waals surface area contributed by atoms with E-state index >= 15 is 0 Å². The summed E-state index contributed by atoms with van der Waals surface area (Å²) < 4.78 is 5.85. The predicted octanol–water partition coefficient (Wildman–Crippen LogP) is 2.06. The average molecular weight is 393 g/mol. The second kappa shape index (κ2) is 9.63. The molecule has 150 valence electrons. The topological polar surface area (TPSA) is 122 Å². The molecule has 0 saturated heterocycles. The fourth-order valence-corrected chi connectivity index (χ4v) is 2.79. The highest BCUT2D eigenvalue weighted by molar-refractivity contribution is 5.95. The average Bonchev–Trinajstić information content (AvgIpc) is 3.21. The summed E-state index contributed by atoms with van der Waals surface area (Å²) >= 11 is 0. The van der Waals surface area contributed by atoms with Gasteiger partial charge in [0, 0.05) is 30.4 Å². The van der Waals surface area contributed by atoms with E-state index in [4.69, 9.17) is 10.2 Å². The van der Waals surface area contributed by atoms with Gasteiger partial charge in [-0.15, -0.1) is 0 Å². The summed E-state index contributed by atoms with van der Waals surface area (Å²) in [7, 11) is 1.58. The van der Waals surface area contributed by atoms with Crippen LogP contribution < -0.4 is 21.7 Å². The Balaban J connectivity index is 1.73. The molecule has 0 saturated carbocycles. The summed E-state index contributed by atoms with van der Waals surface area (Å²) in [6.45, 7) is 0.738. The smallest absolute Gasteiger partial charge is 0.299 e. The van der Waals surface area contributed by atoms with Crippen molar-refractivity contribution in [2.45, 2.75) is 6.54 Å². The Labute approximate surface area is 168 Å². The van der Waals surface area contributed by atoms with Gasteiger partial charge in [-0.2, -0.15) is 0 Å². The van der Waals surface area contributed by atoms with Crippen LogP contribution in [-0.2, 0) is 11.3 Å². The molecule has 3 aromatic rings. The lowest BCUT2D eigenvalue weighted by Gasteiger charge is -2.08. The first-order chi connectivity index (χ1) is 14.1. The molecule has 0 spiro atoms. The van der Waals surface area contributed by atoms with E-state index < -0.39 is 0 Å². The van der Waals surface area contributed by atoms with Crippen molar-refractivity contribution in [2.24, 2.45) is 5.73 Å². The third-order valence-corrected chi connectivity index (χ3v) is 4.26. The number of oxazole rings is 1. The minimum Gasteiger partial charge on any atom is -0.423 e. The minimum atomic E-state index is -0.170. The lowest BCUT2D eigenvalue weighted by molar-refractivity contribution is -0.116. The molecule has 0 radical (unpaired) electrons. The maximum atomic E-state index is 11.8. The van der Waals surface area contributed by atoms with Gasteiger partial charge >= 0.3 is 0 Å². The van der Waals surface area contributed by atoms with E-state index in [-0.39, 0.29) is 24.8 Å². The van der Waals surface area contributed by atoms with Gasteiger partial charge in [-0.3, -0.25) is 9.59 Å². The zero-order valence-electron chi connectivity index (χ0n) is 16.1. The first kappa shape index (κ1) is 20.2. The van der Waals surface area contributed by atoms with Crippen LogP contribution >= 0.6 is 0 Å². The number of amides is 1. The molecule has 29 heavy (non-hydrogen) atoms. The summed E-state index contributed by atoms with van der Waals surface area (Å²) in [6, 6.07) is 15.1. The molecule has 1 amide bonds. The number of nitrogens with two attached hydrogens (primary N) is 1. The van der Waals surface area contributed by atoms with E-state index in [1.807, 2.05) is 30.3 Å². The van der Waals surface area contributed by atoms with E-state index in [9.17, 15) is 9.59 Å². The van der Waals surface area contributed by atoms with Gasteiger partial charge in [-0.05, 0) is 23.8 Å². The fourth-order valence-electron chi connectivity index (χ4n) is 2.79. The number of carbonyl (C=O) groups excluding carboxylic acids is 2. The van der Waals surface area contributed by atoms with Crippen molar-refractivity contribution in [1.82, 2.24) is 15.6 Å². The van der Waals surface area contributed by atoms with Crippen LogP contribution in [-0.4, -0.2) is 36.8 Å². The van der Waals surface area contributed by atoms with Crippen molar-refractivity contribution in [1.29, 1.82) is 0 Å². The maximum absolute atomic E-state index is 11.8. The summed E-state index contributed by atoms with van der Waals surface area (Å²) in [5.41, 5.74) is 8.40. The van der Waals surface area contributed by atoms with Gasteiger partial charge in [0.2, 0.25) is 0 Å². The van der Waals surface area contributed by atoms with Gasteiger partial charge in [0.15, 0.2) is 11.5 Å². The molecule has 5 N–H and O–H groups in total. The SMILES string of the molecule is CNC(=O)c1cccc(Nc2ncc(-c3ccccc3CNCC(=O)CN)o2)c1. The Morgan fingerprint density at radius 1 is 1.14 bits per heavy atom. The molecule has 0 aliphatic heterocycles. The molecule has 8 heteroatoms. The lowest BCUT2D eigenvalue weighted by Crippen LogP contribution is -2.27. The van der Waals surface area contributed by atoms with E-state index in [1.54, 1.807) is 31.4 Å². The van der Waals surface area contributed by atoms with E-state index in [2.05, 4.69) is 20.9 Å². The van der Waals surface area contributed by atoms with E-state index in [0.717, 1.165) is 11.1 Å². The van der Waals surface area contributed by atoms with Crippen LogP contribution in [0.15, 0.2) is 59.1 Å². The lowest BCUT2D eigenvalue weighted by atomic mass is 10.1. The number of nitrogens with zero attached hydrogens (tertiary/aromatic N) is 1. The number of rotatable bonds is 9. The first-order valence-corrected chi connectivity index (χ1v) is 9.16. The zero-order valence-corrected chi connectivity index (χ0v) is 16.1. The molecule has 1 aromatic heterocycles. The first-order valence-electron chi connectivity index (χ1n) is 9.16. The Bertz CT molecular complexity index is 999. The zero-order chi connectivity index (χ0) is 20.6. The van der Waals surface area contributed by atoms with Crippen molar-refractivity contribution in [2.75, 3.05) is 25.5 Å². The molecule has 1 heterocycles. The highest BCUT2D eigenvalue weighted by Gasteiger charge is 2.12. The number of aromatic nitrogens is 1. The van der Waals surface area contributed by atoms with Crippen molar-refractivity contribution in [3.63, 3.8) is 0 Å². The predicted molar refractivity (Wildman–Crippen MR) is 111 cm³/mol. The molecule has 0 aliphatic rings. The molecular formula is C21H23N5O3. The number of benzene rings is 2. The molecule has 2 aromatic carbocycles. The summed E-state index contributed by atoms with van der Waals surface area (Å²) in [6.07, 6.45) is 1.63. The fraction of sp³-hybridized carbons (Fsp3) is 0.190. The minimum absolute atomic E-state index is 0.0207. The Morgan fingerprint density at radius 2 is 1.97 bits per heavy atom. The Morgan fingerprint density at radius 3 is 2.76 bits per heavy atom. The van der Waals surface area contributed by atoms with Crippen LogP contribution in [0.2, 0.25) is 0 Å². The summed E-state index contributed by atoms with van der Waals surface area (Å²) in [5.74, 6) is 0.376. The standard InChI is InChI=1S/C21H23N5O3/c1-23-20(28)14-6-4-7-16(9-14)26-21-25-13-19(29-21)18-8-3-2-5-15(18)11-24-12-17(27)10-22/h2-9,13,24H,10-12,22H2,1H3,(H,23,28)(H,25,26). The van der Waals surface area contributed by atoms with Crippen LogP contribution in [0, 0.1) is 0 Å². The van der Waals surface area contributed by atoms with Crippen LogP contribution in [0.1, 0.15) is 15.9 Å². The van der Waals surface area contributed by atoms with Gasteiger partial charge < -0.3 is 26.1 Å². The van der Waals surface area contributed by atoms with Crippen molar-refractivity contribution >= 4 is 23.4 Å². The van der Waals surface area contributed by atoms with Crippen molar-refractivity contribution in [3.05, 3.63) is 65.9 Å². The maximum Gasteiger partial charge on any atom is 0.299 e. The number of hydrogen-bond donors (Lipinski definition) is 4. The van der Waals surface area contributed by atoms with E-state index in [1.165, 1.54) is 0 Å².